The molecule has 1 aromatic heterocycles. The number of morpholine rings is 1. The smallest absolute Gasteiger partial charge is 0.127 e. The molecule has 0 aliphatic carbocycles. The van der Waals surface area contributed by atoms with Crippen molar-refractivity contribution in [3.8, 4) is 5.75 Å². The zero-order valence-corrected chi connectivity index (χ0v) is 12.4. The molecule has 1 aromatic carbocycles. The van der Waals surface area contributed by atoms with Gasteiger partial charge in [0.25, 0.3) is 0 Å². The number of rotatable bonds is 3. The summed E-state index contributed by atoms with van der Waals surface area (Å²) in [6, 6.07) is 10.4. The number of ether oxygens (including phenoxy) is 2. The number of benzene rings is 1. The van der Waals surface area contributed by atoms with Crippen LogP contribution in [0.2, 0.25) is 0 Å². The Labute approximate surface area is 129 Å². The molecule has 0 saturated carbocycles. The summed E-state index contributed by atoms with van der Waals surface area (Å²) in [7, 11) is 0. The molecular formula is C17H19N3O2. The molecule has 2 aliphatic heterocycles. The van der Waals surface area contributed by atoms with Crippen LogP contribution in [0, 0.1) is 0 Å². The quantitative estimate of drug-likeness (QED) is 0.944. The lowest BCUT2D eigenvalue weighted by atomic mass is 10.1. The molecule has 5 heteroatoms. The first-order chi connectivity index (χ1) is 10.9. The normalized spacial score (nSPS) is 21.8. The van der Waals surface area contributed by atoms with Gasteiger partial charge in [-0.05, 0) is 23.8 Å². The Balaban J connectivity index is 1.53. The van der Waals surface area contributed by atoms with Gasteiger partial charge in [-0.15, -0.1) is 0 Å². The van der Waals surface area contributed by atoms with Crippen LogP contribution >= 0.6 is 0 Å². The summed E-state index contributed by atoms with van der Waals surface area (Å²) in [6.45, 7) is 3.94. The predicted molar refractivity (Wildman–Crippen MR) is 83.6 cm³/mol. The van der Waals surface area contributed by atoms with E-state index in [4.69, 9.17) is 9.47 Å². The van der Waals surface area contributed by atoms with Gasteiger partial charge in [0, 0.05) is 24.8 Å². The second kappa shape index (κ2) is 5.94. The number of hydrogen-bond acceptors (Lipinski definition) is 4. The number of aromatic amines is 1. The summed E-state index contributed by atoms with van der Waals surface area (Å²) in [4.78, 5) is 2.43. The Hall–Kier alpha value is -2.11. The number of hydrogen-bond donors (Lipinski definition) is 1. The van der Waals surface area contributed by atoms with Gasteiger partial charge in [0.15, 0.2) is 0 Å². The minimum Gasteiger partial charge on any atom is -0.489 e. The molecule has 1 saturated heterocycles. The third kappa shape index (κ3) is 2.65. The van der Waals surface area contributed by atoms with Crippen molar-refractivity contribution < 1.29 is 9.47 Å². The number of aromatic nitrogens is 2. The van der Waals surface area contributed by atoms with Crippen molar-refractivity contribution in [3.63, 3.8) is 0 Å². The maximum Gasteiger partial charge on any atom is 0.127 e. The summed E-state index contributed by atoms with van der Waals surface area (Å²) in [5, 5.41) is 7.13. The van der Waals surface area contributed by atoms with Crippen LogP contribution in [0.5, 0.6) is 5.75 Å². The average molecular weight is 297 g/mol. The van der Waals surface area contributed by atoms with Gasteiger partial charge in [-0.1, -0.05) is 18.2 Å². The van der Waals surface area contributed by atoms with E-state index >= 15 is 0 Å². The van der Waals surface area contributed by atoms with Gasteiger partial charge in [-0.2, -0.15) is 5.10 Å². The number of nitrogens with one attached hydrogen (secondary N) is 1. The van der Waals surface area contributed by atoms with Crippen molar-refractivity contribution in [1.29, 1.82) is 0 Å². The third-order valence-electron chi connectivity index (χ3n) is 4.22. The summed E-state index contributed by atoms with van der Waals surface area (Å²) in [6.07, 6.45) is 4.04. The Morgan fingerprint density at radius 1 is 1.27 bits per heavy atom. The predicted octanol–water partition coefficient (Wildman–Crippen LogP) is 2.26. The minimum atomic E-state index is 0.231. The fourth-order valence-electron chi connectivity index (χ4n) is 3.08. The van der Waals surface area contributed by atoms with Crippen molar-refractivity contribution in [2.45, 2.75) is 6.04 Å². The number of fused-ring (bicyclic) bond motifs is 1. The Kier molecular flexibility index (Phi) is 3.66. The highest BCUT2D eigenvalue weighted by molar-refractivity contribution is 5.62. The number of para-hydroxylation sites is 1. The molecule has 3 heterocycles. The third-order valence-corrected chi connectivity index (χ3v) is 4.22. The maximum atomic E-state index is 5.86. The first kappa shape index (κ1) is 13.5. The number of H-pyrrole nitrogens is 1. The standard InChI is InChI=1S/C17H19N3O2/c1-2-4-17-14(3-1)9-13(11-22-17)10-20-7-8-21-12-16(20)15-5-6-18-19-15/h1-6,9,16H,7-8,10-12H2,(H,18,19). The second-order valence-corrected chi connectivity index (χ2v) is 5.70. The lowest BCUT2D eigenvalue weighted by molar-refractivity contribution is -0.00609. The molecule has 5 nitrogen and oxygen atoms in total. The summed E-state index contributed by atoms with van der Waals surface area (Å²) < 4.78 is 11.5. The Morgan fingerprint density at radius 3 is 3.14 bits per heavy atom. The highest BCUT2D eigenvalue weighted by Crippen LogP contribution is 2.28. The zero-order chi connectivity index (χ0) is 14.8. The highest BCUT2D eigenvalue weighted by atomic mass is 16.5. The molecule has 2 aliphatic rings. The zero-order valence-electron chi connectivity index (χ0n) is 12.4. The molecule has 1 N–H and O–H groups in total. The van der Waals surface area contributed by atoms with Crippen LogP contribution in [0.1, 0.15) is 17.3 Å². The fourth-order valence-corrected chi connectivity index (χ4v) is 3.08. The minimum absolute atomic E-state index is 0.231. The highest BCUT2D eigenvalue weighted by Gasteiger charge is 2.27. The van der Waals surface area contributed by atoms with E-state index in [0.29, 0.717) is 13.2 Å². The molecule has 1 atom stereocenters. The van der Waals surface area contributed by atoms with Crippen molar-refractivity contribution in [3.05, 3.63) is 53.4 Å². The summed E-state index contributed by atoms with van der Waals surface area (Å²) in [5.41, 5.74) is 3.57. The van der Waals surface area contributed by atoms with E-state index in [1.54, 1.807) is 6.20 Å². The van der Waals surface area contributed by atoms with E-state index in [2.05, 4.69) is 27.2 Å². The fraction of sp³-hybridized carbons (Fsp3) is 0.353. The SMILES string of the molecule is C1=C(CN2CCOCC2c2ccn[nH]2)COc2ccccc21. The van der Waals surface area contributed by atoms with E-state index < -0.39 is 0 Å². The topological polar surface area (TPSA) is 50.4 Å². The first-order valence-electron chi connectivity index (χ1n) is 7.62. The van der Waals surface area contributed by atoms with Crippen molar-refractivity contribution in [1.82, 2.24) is 15.1 Å². The second-order valence-electron chi connectivity index (χ2n) is 5.70. The van der Waals surface area contributed by atoms with Gasteiger partial charge in [-0.3, -0.25) is 10.00 Å². The average Bonchev–Trinajstić information content (AvgIpc) is 3.10. The lowest BCUT2D eigenvalue weighted by Crippen LogP contribution is -2.41. The van der Waals surface area contributed by atoms with Crippen LogP contribution in [-0.2, 0) is 4.74 Å². The summed E-state index contributed by atoms with van der Waals surface area (Å²) >= 11 is 0. The van der Waals surface area contributed by atoms with Crippen molar-refractivity contribution in [2.24, 2.45) is 0 Å². The Bertz CT molecular complexity index is 666. The lowest BCUT2D eigenvalue weighted by Gasteiger charge is -2.35. The molecule has 0 spiro atoms. The molecule has 4 rings (SSSR count). The monoisotopic (exact) mass is 297 g/mol. The largest absolute Gasteiger partial charge is 0.489 e. The molecule has 0 bridgehead atoms. The molecular weight excluding hydrogens is 278 g/mol. The van der Waals surface area contributed by atoms with Gasteiger partial charge in [0.1, 0.15) is 12.4 Å². The van der Waals surface area contributed by atoms with Gasteiger partial charge < -0.3 is 9.47 Å². The molecule has 0 amide bonds. The van der Waals surface area contributed by atoms with Crippen LogP contribution in [0.4, 0.5) is 0 Å². The molecule has 114 valence electrons. The molecule has 1 unspecified atom stereocenters. The van der Waals surface area contributed by atoms with Crippen LogP contribution in [0.3, 0.4) is 0 Å². The van der Waals surface area contributed by atoms with Gasteiger partial charge in [0.05, 0.1) is 24.9 Å². The van der Waals surface area contributed by atoms with E-state index in [0.717, 1.165) is 36.7 Å². The van der Waals surface area contributed by atoms with Crippen molar-refractivity contribution in [2.75, 3.05) is 32.9 Å². The van der Waals surface area contributed by atoms with Gasteiger partial charge in [0.2, 0.25) is 0 Å². The van der Waals surface area contributed by atoms with Gasteiger partial charge >= 0.3 is 0 Å². The maximum absolute atomic E-state index is 5.86. The van der Waals surface area contributed by atoms with Crippen LogP contribution in [-0.4, -0.2) is 48.0 Å². The van der Waals surface area contributed by atoms with E-state index in [1.165, 1.54) is 5.57 Å². The molecule has 1 fully saturated rings. The van der Waals surface area contributed by atoms with Crippen LogP contribution in [0.15, 0.2) is 42.1 Å². The molecule has 0 radical (unpaired) electrons. The number of nitrogens with zero attached hydrogens (tertiary/aromatic N) is 2. The van der Waals surface area contributed by atoms with Crippen molar-refractivity contribution >= 4 is 6.08 Å². The summed E-state index contributed by atoms with van der Waals surface area (Å²) in [5.74, 6) is 0.971. The van der Waals surface area contributed by atoms with Crippen LogP contribution < -0.4 is 4.74 Å². The first-order valence-corrected chi connectivity index (χ1v) is 7.62. The van der Waals surface area contributed by atoms with E-state index in [1.807, 2.05) is 24.3 Å². The molecule has 22 heavy (non-hydrogen) atoms. The van der Waals surface area contributed by atoms with E-state index in [-0.39, 0.29) is 6.04 Å². The van der Waals surface area contributed by atoms with Crippen LogP contribution in [0.25, 0.3) is 6.08 Å². The van der Waals surface area contributed by atoms with Gasteiger partial charge in [-0.25, -0.2) is 0 Å². The Morgan fingerprint density at radius 2 is 2.23 bits per heavy atom. The van der Waals surface area contributed by atoms with E-state index in [9.17, 15) is 0 Å². The molecule has 2 aromatic rings.